The van der Waals surface area contributed by atoms with Crippen molar-refractivity contribution >= 4 is 0 Å². The molecule has 0 spiro atoms. The van der Waals surface area contributed by atoms with Crippen molar-refractivity contribution in [3.05, 3.63) is 96.1 Å². The maximum atomic E-state index is 6.25. The Bertz CT molecular complexity index is 708. The number of methoxy groups -OCH3 is 1. The molecule has 0 bridgehead atoms. The maximum Gasteiger partial charge on any atom is 0.152 e. The predicted molar refractivity (Wildman–Crippen MR) is 88.3 cm³/mol. The topological polar surface area (TPSA) is 18.5 Å². The van der Waals surface area contributed by atoms with Crippen molar-refractivity contribution < 1.29 is 9.47 Å². The third-order valence-corrected chi connectivity index (χ3v) is 3.52. The third kappa shape index (κ3) is 3.12. The fraction of sp³-hybridized carbons (Fsp3) is 0.100. The summed E-state index contributed by atoms with van der Waals surface area (Å²) in [7, 11) is 1.68. The highest BCUT2D eigenvalue weighted by Gasteiger charge is 2.19. The van der Waals surface area contributed by atoms with Gasteiger partial charge >= 0.3 is 0 Å². The van der Waals surface area contributed by atoms with Crippen molar-refractivity contribution in [2.24, 2.45) is 0 Å². The van der Waals surface area contributed by atoms with Crippen LogP contribution in [0.1, 0.15) is 17.2 Å². The molecule has 0 aliphatic rings. The predicted octanol–water partition coefficient (Wildman–Crippen LogP) is 4.86. The van der Waals surface area contributed by atoms with Crippen molar-refractivity contribution in [3.8, 4) is 11.5 Å². The highest BCUT2D eigenvalue weighted by Crippen LogP contribution is 2.33. The molecule has 1 unspecified atom stereocenters. The lowest BCUT2D eigenvalue weighted by Crippen LogP contribution is -2.10. The molecule has 0 saturated carbocycles. The fourth-order valence-electron chi connectivity index (χ4n) is 2.46. The number of rotatable bonds is 5. The lowest BCUT2D eigenvalue weighted by molar-refractivity contribution is 0.241. The molecule has 0 aliphatic carbocycles. The van der Waals surface area contributed by atoms with Gasteiger partial charge in [0.1, 0.15) is 11.5 Å². The summed E-state index contributed by atoms with van der Waals surface area (Å²) in [6.07, 6.45) is -0.209. The minimum absolute atomic E-state index is 0.209. The van der Waals surface area contributed by atoms with E-state index in [0.717, 1.165) is 22.6 Å². The molecule has 110 valence electrons. The van der Waals surface area contributed by atoms with Gasteiger partial charge in [0.25, 0.3) is 0 Å². The van der Waals surface area contributed by atoms with Crippen molar-refractivity contribution in [1.29, 1.82) is 0 Å². The van der Waals surface area contributed by atoms with Gasteiger partial charge < -0.3 is 9.47 Å². The summed E-state index contributed by atoms with van der Waals surface area (Å²) in [5.74, 6) is 1.66. The number of hydrogen-bond donors (Lipinski definition) is 0. The second-order valence-corrected chi connectivity index (χ2v) is 4.96. The van der Waals surface area contributed by atoms with Crippen LogP contribution in [0.25, 0.3) is 0 Å². The van der Waals surface area contributed by atoms with Gasteiger partial charge in [-0.1, -0.05) is 66.7 Å². The molecule has 3 rings (SSSR count). The molecule has 0 radical (unpaired) electrons. The van der Waals surface area contributed by atoms with E-state index in [1.807, 2.05) is 72.8 Å². The minimum atomic E-state index is -0.209. The minimum Gasteiger partial charge on any atom is -0.496 e. The van der Waals surface area contributed by atoms with Gasteiger partial charge in [0.15, 0.2) is 6.10 Å². The molecule has 0 N–H and O–H groups in total. The van der Waals surface area contributed by atoms with Gasteiger partial charge in [-0.25, -0.2) is 0 Å². The highest BCUT2D eigenvalue weighted by molar-refractivity contribution is 5.41. The number of para-hydroxylation sites is 2. The number of benzene rings is 3. The molecule has 2 heteroatoms. The Hall–Kier alpha value is -2.74. The van der Waals surface area contributed by atoms with E-state index in [9.17, 15) is 0 Å². The van der Waals surface area contributed by atoms with Gasteiger partial charge in [0.2, 0.25) is 0 Å². The molecule has 22 heavy (non-hydrogen) atoms. The zero-order valence-electron chi connectivity index (χ0n) is 12.5. The molecule has 0 aromatic heterocycles. The summed E-state index contributed by atoms with van der Waals surface area (Å²) in [5.41, 5.74) is 2.11. The first-order chi connectivity index (χ1) is 10.9. The van der Waals surface area contributed by atoms with Crippen LogP contribution in [0.2, 0.25) is 0 Å². The fourth-order valence-corrected chi connectivity index (χ4v) is 2.46. The smallest absolute Gasteiger partial charge is 0.152 e. The van der Waals surface area contributed by atoms with E-state index in [4.69, 9.17) is 9.47 Å². The second-order valence-electron chi connectivity index (χ2n) is 4.96. The third-order valence-electron chi connectivity index (χ3n) is 3.52. The van der Waals surface area contributed by atoms with E-state index in [0.29, 0.717) is 0 Å². The zero-order chi connectivity index (χ0) is 15.2. The van der Waals surface area contributed by atoms with Gasteiger partial charge in [-0.2, -0.15) is 0 Å². The normalized spacial score (nSPS) is 11.7. The highest BCUT2D eigenvalue weighted by atomic mass is 16.5. The molecule has 2 nitrogen and oxygen atoms in total. The molecule has 0 amide bonds. The first kappa shape index (κ1) is 14.2. The standard InChI is InChI=1S/C20H18O2/c1-21-19-15-9-8-14-18(19)20(16-10-4-2-5-11-16)22-17-12-6-3-7-13-17/h2-15,20H,1H3. The lowest BCUT2D eigenvalue weighted by atomic mass is 10.0. The van der Waals surface area contributed by atoms with Crippen LogP contribution >= 0.6 is 0 Å². The molecule has 0 aliphatic heterocycles. The van der Waals surface area contributed by atoms with Crippen molar-refractivity contribution in [2.45, 2.75) is 6.10 Å². The second kappa shape index (κ2) is 6.81. The Morgan fingerprint density at radius 2 is 1.27 bits per heavy atom. The quantitative estimate of drug-likeness (QED) is 0.668. The van der Waals surface area contributed by atoms with Crippen molar-refractivity contribution in [3.63, 3.8) is 0 Å². The SMILES string of the molecule is COc1ccccc1C(Oc1ccccc1)c1ccccc1. The van der Waals surface area contributed by atoms with Gasteiger partial charge in [0, 0.05) is 5.56 Å². The Labute approximate surface area is 131 Å². The van der Waals surface area contributed by atoms with Gasteiger partial charge in [-0.05, 0) is 23.8 Å². The van der Waals surface area contributed by atoms with E-state index >= 15 is 0 Å². The van der Waals surface area contributed by atoms with Crippen LogP contribution in [0.3, 0.4) is 0 Å². The molecule has 3 aromatic rings. The van der Waals surface area contributed by atoms with Gasteiger partial charge in [-0.15, -0.1) is 0 Å². The summed E-state index contributed by atoms with van der Waals surface area (Å²) < 4.78 is 11.8. The Balaban J connectivity index is 2.03. The first-order valence-electron chi connectivity index (χ1n) is 7.28. The molecular weight excluding hydrogens is 272 g/mol. The van der Waals surface area contributed by atoms with E-state index in [1.54, 1.807) is 7.11 Å². The van der Waals surface area contributed by atoms with Crippen LogP contribution in [0.15, 0.2) is 84.9 Å². The Morgan fingerprint density at radius 3 is 1.95 bits per heavy atom. The van der Waals surface area contributed by atoms with E-state index in [2.05, 4.69) is 12.1 Å². The summed E-state index contributed by atoms with van der Waals surface area (Å²) in [5, 5.41) is 0. The van der Waals surface area contributed by atoms with Crippen molar-refractivity contribution in [1.82, 2.24) is 0 Å². The van der Waals surface area contributed by atoms with Crippen LogP contribution in [0.5, 0.6) is 11.5 Å². The van der Waals surface area contributed by atoms with E-state index in [1.165, 1.54) is 0 Å². The van der Waals surface area contributed by atoms with Crippen LogP contribution in [-0.2, 0) is 0 Å². The average Bonchev–Trinajstić information content (AvgIpc) is 2.61. The Morgan fingerprint density at radius 1 is 0.682 bits per heavy atom. The molecule has 1 atom stereocenters. The monoisotopic (exact) mass is 290 g/mol. The largest absolute Gasteiger partial charge is 0.496 e. The number of hydrogen-bond acceptors (Lipinski definition) is 2. The summed E-state index contributed by atoms with van der Waals surface area (Å²) in [6.45, 7) is 0. The van der Waals surface area contributed by atoms with Gasteiger partial charge in [-0.3, -0.25) is 0 Å². The number of ether oxygens (including phenoxy) is 2. The summed E-state index contributed by atoms with van der Waals surface area (Å²) >= 11 is 0. The molecule has 0 saturated heterocycles. The Kier molecular flexibility index (Phi) is 4.40. The first-order valence-corrected chi connectivity index (χ1v) is 7.28. The molecular formula is C20H18O2. The van der Waals surface area contributed by atoms with Crippen LogP contribution in [0.4, 0.5) is 0 Å². The zero-order valence-corrected chi connectivity index (χ0v) is 12.5. The maximum absolute atomic E-state index is 6.25. The molecule has 0 heterocycles. The van der Waals surface area contributed by atoms with Crippen LogP contribution in [-0.4, -0.2) is 7.11 Å². The van der Waals surface area contributed by atoms with E-state index in [-0.39, 0.29) is 6.10 Å². The van der Waals surface area contributed by atoms with Crippen LogP contribution in [0, 0.1) is 0 Å². The van der Waals surface area contributed by atoms with Crippen LogP contribution < -0.4 is 9.47 Å². The summed E-state index contributed by atoms with van der Waals surface area (Å²) in [6, 6.07) is 28.0. The molecule has 3 aromatic carbocycles. The van der Waals surface area contributed by atoms with Gasteiger partial charge in [0.05, 0.1) is 7.11 Å². The molecule has 0 fully saturated rings. The average molecular weight is 290 g/mol. The lowest BCUT2D eigenvalue weighted by Gasteiger charge is -2.22. The van der Waals surface area contributed by atoms with Crippen molar-refractivity contribution in [2.75, 3.05) is 7.11 Å². The summed E-state index contributed by atoms with van der Waals surface area (Å²) in [4.78, 5) is 0. The van der Waals surface area contributed by atoms with E-state index < -0.39 is 0 Å².